The Labute approximate surface area is 776 Å². The van der Waals surface area contributed by atoms with Crippen LogP contribution in [0.3, 0.4) is 0 Å². The van der Waals surface area contributed by atoms with Crippen LogP contribution in [-0.4, -0.2) is 227 Å². The Kier molecular flexibility index (Phi) is 41.5. The van der Waals surface area contributed by atoms with Gasteiger partial charge in [0, 0.05) is 58.6 Å². The molecule has 4 fully saturated rings. The van der Waals surface area contributed by atoms with Crippen molar-refractivity contribution in [1.82, 2.24) is 54.9 Å². The quantitative estimate of drug-likeness (QED) is 0.0103. The Bertz CT molecular complexity index is 4500. The van der Waals surface area contributed by atoms with Crippen LogP contribution in [0.1, 0.15) is 239 Å². The van der Waals surface area contributed by atoms with Gasteiger partial charge in [0.2, 0.25) is 41.4 Å². The van der Waals surface area contributed by atoms with E-state index in [1.54, 1.807) is 81.4 Å². The summed E-state index contributed by atoms with van der Waals surface area (Å²) in [7, 11) is -3.63. The van der Waals surface area contributed by atoms with Crippen LogP contribution in [0, 0.1) is 58.2 Å². The fourth-order valence-corrected chi connectivity index (χ4v) is 27.2. The van der Waals surface area contributed by atoms with E-state index in [2.05, 4.69) is 65.6 Å². The molecule has 2 aromatic heterocycles. The summed E-state index contributed by atoms with van der Waals surface area (Å²) in [5.74, 6) is -8.70. The summed E-state index contributed by atoms with van der Waals surface area (Å²) in [6.45, 7) is 34.6. The largest absolute Gasteiger partial charge is 0.466 e. The third kappa shape index (κ3) is 32.6. The minimum atomic E-state index is -1.89. The number of ether oxygens (including phenoxy) is 6. The number of hydrogen-bond donors (Lipinski definition) is 2. The van der Waals surface area contributed by atoms with E-state index in [-0.39, 0.29) is 175 Å². The van der Waals surface area contributed by atoms with Gasteiger partial charge in [0.1, 0.15) is 29.7 Å². The molecule has 31 nitrogen and oxygen atoms in total. The number of benzene rings is 2. The normalized spacial score (nSPS) is 19.5. The van der Waals surface area contributed by atoms with Crippen LogP contribution in [0.5, 0.6) is 0 Å². The molecular formula is C98H147N11O20Si2. The van der Waals surface area contributed by atoms with Crippen LogP contribution in [0.4, 0.5) is 0 Å². The van der Waals surface area contributed by atoms with Crippen molar-refractivity contribution >= 4 is 93.9 Å². The van der Waals surface area contributed by atoms with E-state index in [1.165, 1.54) is 27.8 Å². The number of carbonyl (C=O) groups is 12. The average Bonchev–Trinajstić information content (AvgIpc) is 1.58. The fraction of sp³-hybridized carbons (Fsp3) is 0.653. The lowest BCUT2D eigenvalue weighted by Crippen LogP contribution is -2.44. The number of aliphatic hydroxyl groups excluding tert-OH is 1. The van der Waals surface area contributed by atoms with Gasteiger partial charge in [-0.1, -0.05) is 147 Å². The van der Waals surface area contributed by atoms with Gasteiger partial charge in [0.25, 0.3) is 0 Å². The Hall–Kier alpha value is -9.71. The van der Waals surface area contributed by atoms with E-state index in [9.17, 15) is 62.6 Å². The number of aromatic nitrogens is 6. The number of amides is 7. The molecule has 131 heavy (non-hydrogen) atoms. The second-order valence-corrected chi connectivity index (χ2v) is 47.8. The molecule has 8 rings (SSSR count). The number of esters is 5. The standard InChI is InChI=1S/C98H147N11O20Si2/c1-17-21-59-130(13,14)129-131(15,16)60-37-55-123-57-58-126-83(114)49-48-82(113)105(66-77-68-109(103-101-77)79(93(120)128-96(6,7)8)64-98(11,12)95(122)125-20-4)52-33-23-25-35-54-107-90(117)86-73(43-42-70-38-28-26-29-39-70)62-75(87(86)91(107)118)45-44-74-61-71(18-2)84-85(74)89(116)106(88(84)115)53-34-24-22-32-51-104(81(112)47-46-80(111)99-50-36-56-127-92(119)69(5)110)65-76-67-108(102-100-76)78(72-40-30-27-31-41-72)63-97(9,10)94(121)124-19-3/h18,26-31,38-45,67-69,71,73-75,78-79,84-87,110H,2,17,19-25,32-37,46-66H2,1,3-16H3,(H,99,111)/b43-42+,45-44-. The van der Waals surface area contributed by atoms with Gasteiger partial charge in [-0.3, -0.25) is 57.7 Å². The third-order valence-corrected chi connectivity index (χ3v) is 32.5. The predicted molar refractivity (Wildman–Crippen MR) is 498 cm³/mol. The van der Waals surface area contributed by atoms with Crippen molar-refractivity contribution in [2.75, 3.05) is 72.4 Å². The lowest BCUT2D eigenvalue weighted by molar-refractivity contribution is -0.163. The number of allylic oxidation sites excluding steroid dienone is 4. The number of fused-ring (bicyclic) bond motifs is 2. The SMILES string of the molecule is C=CC1CC(/C=C\C2CC(/C=C/c3ccccc3)C3C(=O)N(CCCCCCN(Cc4cn(C(CC(C)(C)C(=O)OCC)C(=O)OC(C)(C)C)nn4)C(=O)CCC(=O)OCCOCCC[Si](C)(C)O[Si](C)(C)CCCC)C(=O)C23)C2C(=O)N(CCCCCCN(Cc3cn(C(CC(C)(C)C(=O)OCC)c4ccccc4)nn3)C(=O)CCC(=O)NCCCOC(=O)C(C)O)C(=O)C12. The van der Waals surface area contributed by atoms with Crippen LogP contribution in [0.15, 0.2) is 104 Å². The molecule has 4 heterocycles. The van der Waals surface area contributed by atoms with E-state index >= 15 is 0 Å². The van der Waals surface area contributed by atoms with Gasteiger partial charge in [0.05, 0.1) is 98.9 Å². The molecule has 2 aromatic carbocycles. The number of likely N-dealkylation sites (tertiary alicyclic amines) is 2. The highest BCUT2D eigenvalue weighted by Crippen LogP contribution is 2.52. The van der Waals surface area contributed by atoms with E-state index in [0.29, 0.717) is 102 Å². The van der Waals surface area contributed by atoms with Crippen LogP contribution in [0.25, 0.3) is 6.08 Å². The maximum absolute atomic E-state index is 15.0. The topological polar surface area (TPSA) is 376 Å². The van der Waals surface area contributed by atoms with Gasteiger partial charge in [-0.15, -0.1) is 16.8 Å². The summed E-state index contributed by atoms with van der Waals surface area (Å²) in [4.78, 5) is 172. The van der Waals surface area contributed by atoms with E-state index < -0.39 is 98.8 Å². The van der Waals surface area contributed by atoms with Crippen molar-refractivity contribution in [3.63, 3.8) is 0 Å². The number of nitrogens with one attached hydrogen (secondary N) is 1. The summed E-state index contributed by atoms with van der Waals surface area (Å²) in [6.07, 6.45) is 20.5. The first-order valence-corrected chi connectivity index (χ1v) is 53.7. The van der Waals surface area contributed by atoms with Gasteiger partial charge in [-0.25, -0.2) is 19.0 Å². The molecule has 11 unspecified atom stereocenters. The molecule has 0 bridgehead atoms. The number of hydrogen-bond acceptors (Lipinski definition) is 24. The molecule has 2 saturated carbocycles. The Morgan fingerprint density at radius 2 is 1.04 bits per heavy atom. The highest BCUT2D eigenvalue weighted by molar-refractivity contribution is 6.84. The minimum absolute atomic E-state index is 0.00569. The van der Waals surface area contributed by atoms with Gasteiger partial charge in [-0.05, 0) is 207 Å². The van der Waals surface area contributed by atoms with Crippen molar-refractivity contribution < 1.29 is 95.2 Å². The molecule has 2 aliphatic heterocycles. The number of imide groups is 2. The van der Waals surface area contributed by atoms with Gasteiger partial charge in [-0.2, -0.15) is 0 Å². The van der Waals surface area contributed by atoms with Gasteiger partial charge in [0.15, 0.2) is 22.7 Å². The second kappa shape index (κ2) is 51.0. The molecular weight excluding hydrogens is 1710 g/mol. The maximum Gasteiger partial charge on any atom is 0.334 e. The fourth-order valence-electron chi connectivity index (χ4n) is 18.2. The molecule has 2 saturated heterocycles. The van der Waals surface area contributed by atoms with Crippen LogP contribution in [0.2, 0.25) is 38.3 Å². The second-order valence-electron chi connectivity index (χ2n) is 38.9. The molecule has 0 radical (unpaired) electrons. The highest BCUT2D eigenvalue weighted by atomic mass is 28.4. The van der Waals surface area contributed by atoms with Crippen molar-refractivity contribution in [2.24, 2.45) is 58.2 Å². The molecule has 33 heteroatoms. The zero-order valence-electron chi connectivity index (χ0n) is 80.3. The van der Waals surface area contributed by atoms with E-state index in [0.717, 1.165) is 36.1 Å². The number of aliphatic hydroxyl groups is 1. The van der Waals surface area contributed by atoms with Crippen molar-refractivity contribution in [1.29, 1.82) is 0 Å². The monoisotopic (exact) mass is 1850 g/mol. The molecule has 11 atom stereocenters. The summed E-state index contributed by atoms with van der Waals surface area (Å²) in [6, 6.07) is 20.0. The number of carbonyl (C=O) groups excluding carboxylic acids is 12. The van der Waals surface area contributed by atoms with Crippen LogP contribution >= 0.6 is 0 Å². The summed E-state index contributed by atoms with van der Waals surface area (Å²) < 4.78 is 42.8. The first kappa shape index (κ1) is 107. The lowest BCUT2D eigenvalue weighted by atomic mass is 9.83. The Morgan fingerprint density at radius 1 is 0.550 bits per heavy atom. The number of unbranched alkanes of at least 4 members (excludes halogenated alkanes) is 7. The minimum Gasteiger partial charge on any atom is -0.466 e. The Morgan fingerprint density at radius 3 is 1.56 bits per heavy atom. The van der Waals surface area contributed by atoms with E-state index in [1.807, 2.05) is 98.8 Å². The number of rotatable bonds is 58. The molecule has 0 spiro atoms. The third-order valence-electron chi connectivity index (χ3n) is 24.9. The van der Waals surface area contributed by atoms with Crippen molar-refractivity contribution in [3.8, 4) is 0 Å². The summed E-state index contributed by atoms with van der Waals surface area (Å²) in [5.41, 5.74) is -0.249. The Balaban J connectivity index is 0.889. The van der Waals surface area contributed by atoms with Gasteiger partial charge < -0.3 is 52.8 Å². The lowest BCUT2D eigenvalue weighted by Gasteiger charge is -2.34. The smallest absolute Gasteiger partial charge is 0.334 e. The zero-order valence-corrected chi connectivity index (χ0v) is 82.3. The summed E-state index contributed by atoms with van der Waals surface area (Å²) >= 11 is 0. The molecule has 2 N–H and O–H groups in total. The zero-order chi connectivity index (χ0) is 95.8. The van der Waals surface area contributed by atoms with Crippen molar-refractivity contribution in [2.45, 2.75) is 280 Å². The first-order valence-electron chi connectivity index (χ1n) is 47.5. The van der Waals surface area contributed by atoms with Gasteiger partial charge >= 0.3 is 29.8 Å². The first-order chi connectivity index (χ1) is 62.2. The summed E-state index contributed by atoms with van der Waals surface area (Å²) in [5, 5.41) is 30.0. The molecule has 7 amide bonds. The molecule has 4 aromatic rings. The van der Waals surface area contributed by atoms with E-state index in [4.69, 9.17) is 32.5 Å². The number of nitrogens with zero attached hydrogens (tertiary/aromatic N) is 10. The molecule has 722 valence electrons. The van der Waals surface area contributed by atoms with Crippen LogP contribution < -0.4 is 5.32 Å². The maximum atomic E-state index is 15.0. The molecule has 2 aliphatic carbocycles. The van der Waals surface area contributed by atoms with Crippen LogP contribution in [-0.2, 0) is 103 Å². The predicted octanol–water partition coefficient (Wildman–Crippen LogP) is 13.9. The molecule has 4 aliphatic rings. The average molecular weight is 1860 g/mol. The van der Waals surface area contributed by atoms with Crippen molar-refractivity contribution in [3.05, 3.63) is 126 Å². The highest BCUT2D eigenvalue weighted by Gasteiger charge is 2.59.